The highest BCUT2D eigenvalue weighted by Crippen LogP contribution is 2.22. The van der Waals surface area contributed by atoms with Crippen molar-refractivity contribution >= 4 is 23.9 Å². The van der Waals surface area contributed by atoms with Crippen molar-refractivity contribution in [3.05, 3.63) is 56.1 Å². The van der Waals surface area contributed by atoms with Gasteiger partial charge in [0.15, 0.2) is 0 Å². The van der Waals surface area contributed by atoms with Crippen LogP contribution in [0.15, 0.2) is 34.1 Å². The van der Waals surface area contributed by atoms with Crippen molar-refractivity contribution in [2.45, 2.75) is 19.9 Å². The Morgan fingerprint density at radius 3 is 2.82 bits per heavy atom. The van der Waals surface area contributed by atoms with Gasteiger partial charge in [0.25, 0.3) is 0 Å². The van der Waals surface area contributed by atoms with Crippen molar-refractivity contribution in [3.63, 3.8) is 0 Å². The zero-order valence-corrected chi connectivity index (χ0v) is 13.7. The molecule has 114 valence electrons. The second-order valence-corrected chi connectivity index (χ2v) is 5.97. The van der Waals surface area contributed by atoms with Gasteiger partial charge in [-0.3, -0.25) is 14.1 Å². The molecule has 2 aromatic rings. The maximum absolute atomic E-state index is 12.1. The summed E-state index contributed by atoms with van der Waals surface area (Å²) < 4.78 is 3.66. The van der Waals surface area contributed by atoms with Gasteiger partial charge >= 0.3 is 5.69 Å². The molecule has 0 bridgehead atoms. The van der Waals surface area contributed by atoms with Crippen molar-refractivity contribution in [1.82, 2.24) is 9.13 Å². The Kier molecular flexibility index (Phi) is 3.70. The van der Waals surface area contributed by atoms with Crippen LogP contribution < -0.4 is 11.0 Å². The Morgan fingerprint density at radius 1 is 1.32 bits per heavy atom. The fraction of sp³-hybridized carbons (Fsp3) is 0.312. The van der Waals surface area contributed by atoms with E-state index in [0.717, 1.165) is 17.2 Å². The van der Waals surface area contributed by atoms with Crippen molar-refractivity contribution in [1.29, 1.82) is 0 Å². The Bertz CT molecular complexity index is 892. The molecule has 22 heavy (non-hydrogen) atoms. The molecule has 1 N–H and O–H groups in total. The van der Waals surface area contributed by atoms with Crippen molar-refractivity contribution in [2.75, 3.05) is 5.32 Å². The number of aliphatic imine (C=N–C) groups is 1. The SMILES string of the molecule is Cc1cccc(CN=C2Cc3c(n(C)c(=O)n(C)c3=S)N2)c1. The topological polar surface area (TPSA) is 51.3 Å². The first-order valence-corrected chi connectivity index (χ1v) is 7.53. The van der Waals surface area contributed by atoms with E-state index in [4.69, 9.17) is 12.2 Å². The van der Waals surface area contributed by atoms with Crippen LogP contribution in [-0.4, -0.2) is 15.0 Å². The van der Waals surface area contributed by atoms with Crippen LogP contribution in [0, 0.1) is 11.6 Å². The number of rotatable bonds is 2. The Labute approximate surface area is 133 Å². The zero-order valence-electron chi connectivity index (χ0n) is 12.9. The largest absolute Gasteiger partial charge is 0.330 e. The molecule has 1 aliphatic rings. The molecule has 0 radical (unpaired) electrons. The molecule has 0 saturated carbocycles. The minimum atomic E-state index is -0.129. The van der Waals surface area contributed by atoms with Crippen LogP contribution in [-0.2, 0) is 27.1 Å². The van der Waals surface area contributed by atoms with Crippen molar-refractivity contribution in [3.8, 4) is 0 Å². The van der Waals surface area contributed by atoms with E-state index in [1.54, 1.807) is 18.7 Å². The van der Waals surface area contributed by atoms with Crippen LogP contribution in [0.4, 0.5) is 5.82 Å². The molecule has 0 spiro atoms. The van der Waals surface area contributed by atoms with E-state index < -0.39 is 0 Å². The van der Waals surface area contributed by atoms with Gasteiger partial charge in [-0.1, -0.05) is 42.0 Å². The highest BCUT2D eigenvalue weighted by atomic mass is 32.1. The molecule has 1 aromatic heterocycles. The van der Waals surface area contributed by atoms with E-state index in [0.29, 0.717) is 17.6 Å². The fourth-order valence-electron chi connectivity index (χ4n) is 2.67. The van der Waals surface area contributed by atoms with E-state index in [9.17, 15) is 4.79 Å². The number of benzene rings is 1. The smallest absolute Gasteiger partial charge is 0.329 e. The van der Waals surface area contributed by atoms with Gasteiger partial charge in [-0.2, -0.15) is 0 Å². The molecule has 6 heteroatoms. The second kappa shape index (κ2) is 5.53. The minimum absolute atomic E-state index is 0.129. The third-order valence-corrected chi connectivity index (χ3v) is 4.42. The highest BCUT2D eigenvalue weighted by Gasteiger charge is 2.22. The predicted molar refractivity (Wildman–Crippen MR) is 91.1 cm³/mol. The van der Waals surface area contributed by atoms with Gasteiger partial charge < -0.3 is 5.32 Å². The fourth-order valence-corrected chi connectivity index (χ4v) is 2.92. The zero-order chi connectivity index (χ0) is 15.9. The average Bonchev–Trinajstić information content (AvgIpc) is 2.93. The number of fused-ring (bicyclic) bond motifs is 1. The van der Waals surface area contributed by atoms with Crippen LogP contribution in [0.1, 0.15) is 16.7 Å². The Hall–Kier alpha value is -2.21. The number of amidine groups is 1. The summed E-state index contributed by atoms with van der Waals surface area (Å²) in [5, 5.41) is 3.23. The molecule has 5 nitrogen and oxygen atoms in total. The number of hydrogen-bond acceptors (Lipinski definition) is 3. The molecule has 0 saturated heterocycles. The first-order valence-electron chi connectivity index (χ1n) is 7.12. The number of nitrogens with zero attached hydrogens (tertiary/aromatic N) is 3. The summed E-state index contributed by atoms with van der Waals surface area (Å²) in [6.45, 7) is 2.68. The molecule has 0 fully saturated rings. The van der Waals surface area contributed by atoms with Gasteiger partial charge in [-0.15, -0.1) is 0 Å². The van der Waals surface area contributed by atoms with Crippen LogP contribution in [0.2, 0.25) is 0 Å². The number of aromatic nitrogens is 2. The lowest BCUT2D eigenvalue weighted by Crippen LogP contribution is -2.29. The molecule has 0 unspecified atom stereocenters. The summed E-state index contributed by atoms with van der Waals surface area (Å²) in [6.07, 6.45) is 0.641. The van der Waals surface area contributed by atoms with Crippen LogP contribution in [0.5, 0.6) is 0 Å². The Balaban J connectivity index is 1.90. The monoisotopic (exact) mass is 314 g/mol. The summed E-state index contributed by atoms with van der Waals surface area (Å²) in [5.41, 5.74) is 3.23. The second-order valence-electron chi connectivity index (χ2n) is 5.59. The maximum atomic E-state index is 12.1. The molecule has 3 rings (SSSR count). The summed E-state index contributed by atoms with van der Waals surface area (Å²) >= 11 is 5.37. The number of nitrogens with one attached hydrogen (secondary N) is 1. The van der Waals surface area contributed by atoms with E-state index in [2.05, 4.69) is 35.4 Å². The standard InChI is InChI=1S/C16H18N4OS/c1-10-5-4-6-11(7-10)9-17-13-8-12-14(18-13)19(2)16(21)20(3)15(12)22/h4-7H,8-9H2,1-3H3,(H,17,18). The number of aryl methyl sites for hydroxylation is 1. The molecule has 2 heterocycles. The van der Waals surface area contributed by atoms with E-state index >= 15 is 0 Å². The normalized spacial score (nSPS) is 15.0. The van der Waals surface area contributed by atoms with E-state index in [-0.39, 0.29) is 5.69 Å². The molecule has 0 amide bonds. The predicted octanol–water partition coefficient (Wildman–Crippen LogP) is 2.33. The maximum Gasteiger partial charge on any atom is 0.330 e. The number of anilines is 1. The lowest BCUT2D eigenvalue weighted by atomic mass is 10.1. The van der Waals surface area contributed by atoms with Crippen molar-refractivity contribution < 1.29 is 0 Å². The van der Waals surface area contributed by atoms with Gasteiger partial charge in [-0.05, 0) is 12.5 Å². The van der Waals surface area contributed by atoms with Gasteiger partial charge in [0.1, 0.15) is 16.3 Å². The van der Waals surface area contributed by atoms with Gasteiger partial charge in [0, 0.05) is 26.1 Å². The molecular formula is C16H18N4OS. The lowest BCUT2D eigenvalue weighted by molar-refractivity contribution is 0.701. The van der Waals surface area contributed by atoms with Gasteiger partial charge in [0.05, 0.1) is 6.54 Å². The first-order chi connectivity index (χ1) is 10.5. The molecule has 1 aromatic carbocycles. The lowest BCUT2D eigenvalue weighted by Gasteiger charge is -2.09. The summed E-state index contributed by atoms with van der Waals surface area (Å²) in [4.78, 5) is 16.7. The summed E-state index contributed by atoms with van der Waals surface area (Å²) in [6, 6.07) is 8.29. The third-order valence-electron chi connectivity index (χ3n) is 3.90. The van der Waals surface area contributed by atoms with Crippen molar-refractivity contribution in [2.24, 2.45) is 19.1 Å². The van der Waals surface area contributed by atoms with Crippen LogP contribution in [0.25, 0.3) is 0 Å². The van der Waals surface area contributed by atoms with Crippen LogP contribution in [0.3, 0.4) is 0 Å². The average molecular weight is 314 g/mol. The summed E-state index contributed by atoms with van der Waals surface area (Å²) in [7, 11) is 3.44. The minimum Gasteiger partial charge on any atom is -0.329 e. The first kappa shape index (κ1) is 14.7. The molecule has 0 aliphatic carbocycles. The Morgan fingerprint density at radius 2 is 2.09 bits per heavy atom. The van der Waals surface area contributed by atoms with Crippen LogP contribution >= 0.6 is 12.2 Å². The molecule has 0 atom stereocenters. The van der Waals surface area contributed by atoms with Gasteiger partial charge in [0.2, 0.25) is 0 Å². The van der Waals surface area contributed by atoms with E-state index in [1.165, 1.54) is 15.7 Å². The van der Waals surface area contributed by atoms with Gasteiger partial charge in [-0.25, -0.2) is 4.79 Å². The quantitative estimate of drug-likeness (QED) is 0.866. The molecular weight excluding hydrogens is 296 g/mol. The molecule has 1 aliphatic heterocycles. The number of hydrogen-bond donors (Lipinski definition) is 1. The van der Waals surface area contributed by atoms with E-state index in [1.807, 2.05) is 6.07 Å². The third kappa shape index (κ3) is 2.50. The summed E-state index contributed by atoms with van der Waals surface area (Å²) in [5.74, 6) is 1.61. The highest BCUT2D eigenvalue weighted by molar-refractivity contribution is 7.71.